The van der Waals surface area contributed by atoms with Gasteiger partial charge >= 0.3 is 6.03 Å². The molecule has 1 saturated heterocycles. The standard InChI is InChI=1S/C11H16ClN5OS/c1-16-11(18)17(6-13-16)10-15-14-9(19-10)7-2-4-8(12)5-3-7/h7-8,13H,2-6H2,1H3. The molecule has 3 rings (SSSR count). The van der Waals surface area contributed by atoms with Crippen LogP contribution >= 0.6 is 22.9 Å². The Bertz CT molecular complexity index is 473. The Hall–Kier alpha value is -0.920. The summed E-state index contributed by atoms with van der Waals surface area (Å²) in [7, 11) is 1.70. The second-order valence-electron chi connectivity index (χ2n) is 4.96. The number of alkyl halides is 1. The van der Waals surface area contributed by atoms with Crippen molar-refractivity contribution in [2.75, 3.05) is 18.6 Å². The van der Waals surface area contributed by atoms with E-state index in [9.17, 15) is 4.79 Å². The van der Waals surface area contributed by atoms with Gasteiger partial charge in [0.15, 0.2) is 0 Å². The molecule has 1 aliphatic carbocycles. The van der Waals surface area contributed by atoms with E-state index in [1.165, 1.54) is 16.3 Å². The molecule has 0 radical (unpaired) electrons. The maximum atomic E-state index is 11.8. The lowest BCUT2D eigenvalue weighted by atomic mass is 9.89. The molecule has 104 valence electrons. The Labute approximate surface area is 120 Å². The third-order valence-corrected chi connectivity index (χ3v) is 5.20. The molecule has 0 atom stereocenters. The maximum Gasteiger partial charge on any atom is 0.341 e. The van der Waals surface area contributed by atoms with Crippen LogP contribution in [-0.2, 0) is 0 Å². The average Bonchev–Trinajstić information content (AvgIpc) is 2.99. The van der Waals surface area contributed by atoms with E-state index in [1.54, 1.807) is 11.9 Å². The largest absolute Gasteiger partial charge is 0.341 e. The number of aromatic nitrogens is 2. The monoisotopic (exact) mass is 301 g/mol. The molecular formula is C11H16ClN5OS. The van der Waals surface area contributed by atoms with Crippen LogP contribution in [-0.4, -0.2) is 40.3 Å². The fourth-order valence-corrected chi connectivity index (χ4v) is 3.70. The van der Waals surface area contributed by atoms with Gasteiger partial charge in [-0.1, -0.05) is 11.3 Å². The van der Waals surface area contributed by atoms with E-state index >= 15 is 0 Å². The van der Waals surface area contributed by atoms with Gasteiger partial charge in [0, 0.05) is 18.3 Å². The molecule has 2 heterocycles. The van der Waals surface area contributed by atoms with E-state index in [2.05, 4.69) is 15.6 Å². The molecule has 2 fully saturated rings. The second-order valence-corrected chi connectivity index (χ2v) is 6.56. The van der Waals surface area contributed by atoms with Crippen LogP contribution in [0.2, 0.25) is 0 Å². The van der Waals surface area contributed by atoms with Crippen molar-refractivity contribution in [2.24, 2.45) is 0 Å². The molecular weight excluding hydrogens is 286 g/mol. The maximum absolute atomic E-state index is 11.8. The molecule has 19 heavy (non-hydrogen) atoms. The zero-order valence-electron chi connectivity index (χ0n) is 10.7. The number of carbonyl (C=O) groups excluding carboxylic acids is 1. The second kappa shape index (κ2) is 5.22. The van der Waals surface area contributed by atoms with Crippen LogP contribution in [0.5, 0.6) is 0 Å². The molecule has 1 aromatic heterocycles. The number of nitrogens with one attached hydrogen (secondary N) is 1. The lowest BCUT2D eigenvalue weighted by Gasteiger charge is -2.22. The Balaban J connectivity index is 1.71. The Morgan fingerprint density at radius 2 is 2.05 bits per heavy atom. The summed E-state index contributed by atoms with van der Waals surface area (Å²) in [5.74, 6) is 0.449. The molecule has 1 saturated carbocycles. The zero-order valence-corrected chi connectivity index (χ0v) is 12.2. The van der Waals surface area contributed by atoms with Gasteiger partial charge in [-0.3, -0.25) is 9.91 Å². The highest BCUT2D eigenvalue weighted by Gasteiger charge is 2.31. The molecule has 1 aromatic rings. The molecule has 6 nitrogen and oxygen atoms in total. The van der Waals surface area contributed by atoms with Gasteiger partial charge in [-0.2, -0.15) is 0 Å². The third-order valence-electron chi connectivity index (χ3n) is 3.65. The molecule has 2 amide bonds. The van der Waals surface area contributed by atoms with E-state index < -0.39 is 0 Å². The van der Waals surface area contributed by atoms with Crippen LogP contribution in [0.1, 0.15) is 36.6 Å². The van der Waals surface area contributed by atoms with Crippen LogP contribution < -0.4 is 10.3 Å². The van der Waals surface area contributed by atoms with Gasteiger partial charge in [0.2, 0.25) is 5.13 Å². The van der Waals surface area contributed by atoms with Crippen LogP contribution in [0.4, 0.5) is 9.93 Å². The van der Waals surface area contributed by atoms with Crippen molar-refractivity contribution < 1.29 is 4.79 Å². The summed E-state index contributed by atoms with van der Waals surface area (Å²) in [4.78, 5) is 13.5. The molecule has 0 aromatic carbocycles. The van der Waals surface area contributed by atoms with Crippen LogP contribution in [0, 0.1) is 0 Å². The van der Waals surface area contributed by atoms with Gasteiger partial charge in [-0.15, -0.1) is 21.8 Å². The number of urea groups is 1. The lowest BCUT2D eigenvalue weighted by molar-refractivity contribution is 0.217. The molecule has 1 aliphatic heterocycles. The number of hydrazine groups is 1. The number of nitrogens with zero attached hydrogens (tertiary/aromatic N) is 4. The fourth-order valence-electron chi connectivity index (χ4n) is 2.44. The first-order valence-corrected chi connectivity index (χ1v) is 7.66. The topological polar surface area (TPSA) is 61.4 Å². The first kappa shape index (κ1) is 13.1. The Morgan fingerprint density at radius 1 is 1.32 bits per heavy atom. The molecule has 0 unspecified atom stereocenters. The summed E-state index contributed by atoms with van der Waals surface area (Å²) in [5.41, 5.74) is 2.94. The van der Waals surface area contributed by atoms with Gasteiger partial charge in [-0.25, -0.2) is 10.2 Å². The molecule has 1 N–H and O–H groups in total. The lowest BCUT2D eigenvalue weighted by Crippen LogP contribution is -2.31. The van der Waals surface area contributed by atoms with Gasteiger partial charge in [0.1, 0.15) is 5.01 Å². The summed E-state index contributed by atoms with van der Waals surface area (Å²) in [6.07, 6.45) is 4.20. The Kier molecular flexibility index (Phi) is 3.60. The predicted molar refractivity (Wildman–Crippen MR) is 74.4 cm³/mol. The molecule has 0 bridgehead atoms. The van der Waals surface area contributed by atoms with Gasteiger partial charge in [0.25, 0.3) is 0 Å². The highest BCUT2D eigenvalue weighted by atomic mass is 35.5. The minimum absolute atomic E-state index is 0.0906. The van der Waals surface area contributed by atoms with Crippen molar-refractivity contribution in [1.82, 2.24) is 20.6 Å². The van der Waals surface area contributed by atoms with Crippen molar-refractivity contribution in [2.45, 2.75) is 37.0 Å². The van der Waals surface area contributed by atoms with Crippen molar-refractivity contribution in [3.05, 3.63) is 5.01 Å². The van der Waals surface area contributed by atoms with Crippen molar-refractivity contribution >= 4 is 34.1 Å². The first-order chi connectivity index (χ1) is 9.15. The number of hydrogen-bond acceptors (Lipinski definition) is 5. The van der Waals surface area contributed by atoms with E-state index in [0.29, 0.717) is 23.1 Å². The highest BCUT2D eigenvalue weighted by Crippen LogP contribution is 2.37. The average molecular weight is 302 g/mol. The summed E-state index contributed by atoms with van der Waals surface area (Å²) in [6.45, 7) is 0.457. The number of halogens is 1. The summed E-state index contributed by atoms with van der Waals surface area (Å²) < 4.78 is 0. The van der Waals surface area contributed by atoms with Crippen LogP contribution in [0.15, 0.2) is 0 Å². The summed E-state index contributed by atoms with van der Waals surface area (Å²) in [5, 5.41) is 11.9. The quantitative estimate of drug-likeness (QED) is 0.850. The molecule has 0 spiro atoms. The minimum atomic E-state index is -0.0906. The summed E-state index contributed by atoms with van der Waals surface area (Å²) in [6, 6.07) is -0.0906. The van der Waals surface area contributed by atoms with Gasteiger partial charge in [-0.05, 0) is 25.7 Å². The fraction of sp³-hybridized carbons (Fsp3) is 0.727. The normalized spacial score (nSPS) is 28.2. The zero-order chi connectivity index (χ0) is 13.4. The van der Waals surface area contributed by atoms with Crippen LogP contribution in [0.3, 0.4) is 0 Å². The van der Waals surface area contributed by atoms with E-state index in [-0.39, 0.29) is 6.03 Å². The van der Waals surface area contributed by atoms with Gasteiger partial charge < -0.3 is 0 Å². The number of carbonyl (C=O) groups is 1. The SMILES string of the molecule is CN1NCN(c2nnc(C3CCC(Cl)CC3)s2)C1=O. The minimum Gasteiger partial charge on any atom is -0.261 e. The van der Waals surface area contributed by atoms with Crippen molar-refractivity contribution in [1.29, 1.82) is 0 Å². The predicted octanol–water partition coefficient (Wildman–Crippen LogP) is 2.14. The van der Waals surface area contributed by atoms with Crippen molar-refractivity contribution in [3.8, 4) is 0 Å². The molecule has 2 aliphatic rings. The highest BCUT2D eigenvalue weighted by molar-refractivity contribution is 7.15. The summed E-state index contributed by atoms with van der Waals surface area (Å²) >= 11 is 7.63. The number of rotatable bonds is 2. The number of amides is 2. The van der Waals surface area contributed by atoms with E-state index in [0.717, 1.165) is 30.7 Å². The van der Waals surface area contributed by atoms with Crippen molar-refractivity contribution in [3.63, 3.8) is 0 Å². The van der Waals surface area contributed by atoms with Gasteiger partial charge in [0.05, 0.1) is 6.67 Å². The number of anilines is 1. The van der Waals surface area contributed by atoms with E-state index in [1.807, 2.05) is 0 Å². The first-order valence-electron chi connectivity index (χ1n) is 6.41. The molecule has 8 heteroatoms. The smallest absolute Gasteiger partial charge is 0.261 e. The Morgan fingerprint density at radius 3 is 2.68 bits per heavy atom. The number of hydrogen-bond donors (Lipinski definition) is 1. The van der Waals surface area contributed by atoms with Crippen LogP contribution in [0.25, 0.3) is 0 Å². The third kappa shape index (κ3) is 2.54. The van der Waals surface area contributed by atoms with E-state index in [4.69, 9.17) is 11.6 Å².